The van der Waals surface area contributed by atoms with Crippen LogP contribution in [0.25, 0.3) is 16.6 Å². The molecule has 3 aromatic rings. The second kappa shape index (κ2) is 6.23. The van der Waals surface area contributed by atoms with E-state index >= 15 is 0 Å². The van der Waals surface area contributed by atoms with E-state index < -0.39 is 11.2 Å². The maximum absolute atomic E-state index is 12.9. The van der Waals surface area contributed by atoms with Gasteiger partial charge in [0.1, 0.15) is 11.3 Å². The molecular formula is C17H16N2O6. The van der Waals surface area contributed by atoms with Crippen molar-refractivity contribution in [3.63, 3.8) is 0 Å². The van der Waals surface area contributed by atoms with Crippen LogP contribution in [0.15, 0.2) is 39.9 Å². The first-order valence-corrected chi connectivity index (χ1v) is 7.29. The van der Waals surface area contributed by atoms with Crippen LogP contribution in [-0.2, 0) is 0 Å². The summed E-state index contributed by atoms with van der Waals surface area (Å²) in [6.07, 6.45) is 0. The molecule has 1 aromatic heterocycles. The van der Waals surface area contributed by atoms with Gasteiger partial charge in [-0.1, -0.05) is 12.1 Å². The Morgan fingerprint density at radius 1 is 1.00 bits per heavy atom. The van der Waals surface area contributed by atoms with E-state index in [2.05, 4.69) is 4.98 Å². The van der Waals surface area contributed by atoms with Gasteiger partial charge in [-0.3, -0.25) is 4.79 Å². The van der Waals surface area contributed by atoms with E-state index in [1.54, 1.807) is 12.1 Å². The number of hydrogen-bond acceptors (Lipinski definition) is 6. The van der Waals surface area contributed by atoms with Crippen molar-refractivity contribution in [1.82, 2.24) is 9.55 Å². The fraction of sp³-hybridized carbons (Fsp3) is 0.176. The first kappa shape index (κ1) is 16.4. The number of nitrogens with one attached hydrogen (secondary N) is 1. The Bertz CT molecular complexity index is 1070. The van der Waals surface area contributed by atoms with E-state index in [0.717, 1.165) is 4.57 Å². The van der Waals surface area contributed by atoms with Crippen molar-refractivity contribution in [2.75, 3.05) is 21.3 Å². The quantitative estimate of drug-likeness (QED) is 0.742. The zero-order valence-electron chi connectivity index (χ0n) is 13.8. The fourth-order valence-electron chi connectivity index (χ4n) is 2.70. The highest BCUT2D eigenvalue weighted by atomic mass is 16.5. The van der Waals surface area contributed by atoms with Crippen LogP contribution in [0.5, 0.6) is 23.0 Å². The molecule has 1 heterocycles. The molecule has 3 rings (SSSR count). The number of para-hydroxylation sites is 2. The summed E-state index contributed by atoms with van der Waals surface area (Å²) in [5.74, 6) is 0.519. The van der Waals surface area contributed by atoms with Crippen LogP contribution in [0.2, 0.25) is 0 Å². The smallest absolute Gasteiger partial charge is 0.333 e. The van der Waals surface area contributed by atoms with E-state index in [4.69, 9.17) is 14.2 Å². The molecule has 0 spiro atoms. The molecular weight excluding hydrogens is 328 g/mol. The van der Waals surface area contributed by atoms with Crippen molar-refractivity contribution in [3.05, 3.63) is 51.2 Å². The average Bonchev–Trinajstić information content (AvgIpc) is 2.61. The summed E-state index contributed by atoms with van der Waals surface area (Å²) >= 11 is 0. The Morgan fingerprint density at radius 3 is 2.28 bits per heavy atom. The lowest BCUT2D eigenvalue weighted by Gasteiger charge is -2.15. The van der Waals surface area contributed by atoms with Crippen LogP contribution in [0.3, 0.4) is 0 Å². The standard InChI is InChI=1S/C17H16N2O6/c1-23-12-8-9-13(15(25-3)14(12)24-2)18-17(22)19(16(9)21)10-6-4-5-7-11(10)20/h4-8,20H,1-3H3,(H,18,22). The Labute approximate surface area is 141 Å². The third-order valence-electron chi connectivity index (χ3n) is 3.82. The van der Waals surface area contributed by atoms with Crippen molar-refractivity contribution < 1.29 is 19.3 Å². The zero-order chi connectivity index (χ0) is 18.1. The summed E-state index contributed by atoms with van der Waals surface area (Å²) in [5.41, 5.74) is -1.09. The molecule has 0 radical (unpaired) electrons. The molecule has 0 aliphatic heterocycles. The fourth-order valence-corrected chi connectivity index (χ4v) is 2.70. The molecule has 25 heavy (non-hydrogen) atoms. The number of ether oxygens (including phenoxy) is 3. The molecule has 0 unspecified atom stereocenters. The number of phenols is 1. The van der Waals surface area contributed by atoms with Crippen molar-refractivity contribution in [2.45, 2.75) is 0 Å². The lowest BCUT2D eigenvalue weighted by atomic mass is 10.2. The second-order valence-electron chi connectivity index (χ2n) is 5.13. The van der Waals surface area contributed by atoms with Crippen molar-refractivity contribution in [3.8, 4) is 28.7 Å². The van der Waals surface area contributed by atoms with E-state index in [0.29, 0.717) is 0 Å². The lowest BCUT2D eigenvalue weighted by molar-refractivity contribution is 0.326. The number of aromatic nitrogens is 2. The van der Waals surface area contributed by atoms with Crippen LogP contribution in [0, 0.1) is 0 Å². The maximum Gasteiger partial charge on any atom is 0.333 e. The van der Waals surface area contributed by atoms with Crippen LogP contribution in [0.1, 0.15) is 0 Å². The average molecular weight is 344 g/mol. The molecule has 0 aliphatic rings. The van der Waals surface area contributed by atoms with Crippen LogP contribution >= 0.6 is 0 Å². The summed E-state index contributed by atoms with van der Waals surface area (Å²) in [4.78, 5) is 28.0. The van der Waals surface area contributed by atoms with E-state index in [1.165, 1.54) is 39.5 Å². The van der Waals surface area contributed by atoms with E-state index in [1.807, 2.05) is 0 Å². The van der Waals surface area contributed by atoms with Gasteiger partial charge in [0.05, 0.1) is 32.4 Å². The minimum Gasteiger partial charge on any atom is -0.506 e. The molecule has 8 nitrogen and oxygen atoms in total. The molecule has 0 fully saturated rings. The first-order chi connectivity index (χ1) is 12.0. The molecule has 0 saturated heterocycles. The Hall–Kier alpha value is -3.42. The zero-order valence-corrected chi connectivity index (χ0v) is 13.8. The molecule has 0 saturated carbocycles. The number of aromatic hydroxyl groups is 1. The Kier molecular flexibility index (Phi) is 4.10. The Balaban J connectivity index is 2.48. The van der Waals surface area contributed by atoms with Crippen molar-refractivity contribution >= 4 is 10.9 Å². The highest BCUT2D eigenvalue weighted by Crippen LogP contribution is 2.41. The molecule has 0 bridgehead atoms. The van der Waals surface area contributed by atoms with Gasteiger partial charge < -0.3 is 24.3 Å². The number of methoxy groups -OCH3 is 3. The van der Waals surface area contributed by atoms with Crippen molar-refractivity contribution in [2.24, 2.45) is 0 Å². The third-order valence-corrected chi connectivity index (χ3v) is 3.82. The van der Waals surface area contributed by atoms with Crippen LogP contribution in [0.4, 0.5) is 0 Å². The lowest BCUT2D eigenvalue weighted by Crippen LogP contribution is -2.33. The monoisotopic (exact) mass is 344 g/mol. The summed E-state index contributed by atoms with van der Waals surface area (Å²) in [6, 6.07) is 7.51. The minimum atomic E-state index is -0.718. The predicted molar refractivity (Wildman–Crippen MR) is 91.5 cm³/mol. The SMILES string of the molecule is COc1cc2c(=O)n(-c3ccccc3O)c(=O)[nH]c2c(OC)c1OC. The molecule has 8 heteroatoms. The molecule has 2 aromatic carbocycles. The number of rotatable bonds is 4. The number of nitrogens with zero attached hydrogens (tertiary/aromatic N) is 1. The summed E-state index contributed by atoms with van der Waals surface area (Å²) in [5, 5.41) is 10.1. The number of aromatic amines is 1. The van der Waals surface area contributed by atoms with Gasteiger partial charge in [0.25, 0.3) is 5.56 Å². The van der Waals surface area contributed by atoms with E-state index in [9.17, 15) is 14.7 Å². The number of H-pyrrole nitrogens is 1. The number of benzene rings is 2. The van der Waals surface area contributed by atoms with Gasteiger partial charge in [-0.15, -0.1) is 0 Å². The molecule has 0 amide bonds. The van der Waals surface area contributed by atoms with E-state index in [-0.39, 0.29) is 39.6 Å². The largest absolute Gasteiger partial charge is 0.506 e. The van der Waals surface area contributed by atoms with Crippen LogP contribution in [-0.4, -0.2) is 36.0 Å². The van der Waals surface area contributed by atoms with Gasteiger partial charge in [-0.05, 0) is 18.2 Å². The number of fused-ring (bicyclic) bond motifs is 1. The topological polar surface area (TPSA) is 103 Å². The molecule has 0 aliphatic carbocycles. The van der Waals surface area contributed by atoms with Gasteiger partial charge in [0.2, 0.25) is 5.75 Å². The highest BCUT2D eigenvalue weighted by Gasteiger charge is 2.21. The predicted octanol–water partition coefficient (Wildman–Crippen LogP) is 1.41. The van der Waals surface area contributed by atoms with Gasteiger partial charge in [-0.2, -0.15) is 0 Å². The highest BCUT2D eigenvalue weighted by molar-refractivity contribution is 5.89. The third kappa shape index (κ3) is 2.47. The first-order valence-electron chi connectivity index (χ1n) is 7.29. The normalized spacial score (nSPS) is 10.7. The Morgan fingerprint density at radius 2 is 1.68 bits per heavy atom. The minimum absolute atomic E-state index is 0.0735. The van der Waals surface area contributed by atoms with Gasteiger partial charge in [0, 0.05) is 0 Å². The van der Waals surface area contributed by atoms with Gasteiger partial charge in [0.15, 0.2) is 11.5 Å². The van der Waals surface area contributed by atoms with Gasteiger partial charge in [-0.25, -0.2) is 9.36 Å². The second-order valence-corrected chi connectivity index (χ2v) is 5.13. The number of hydrogen-bond donors (Lipinski definition) is 2. The summed E-state index contributed by atoms with van der Waals surface area (Å²) in [6.45, 7) is 0. The molecule has 2 N–H and O–H groups in total. The van der Waals surface area contributed by atoms with Gasteiger partial charge >= 0.3 is 5.69 Å². The summed E-state index contributed by atoms with van der Waals surface area (Å²) < 4.78 is 16.7. The number of phenolic OH excluding ortho intramolecular Hbond substituents is 1. The van der Waals surface area contributed by atoms with Crippen LogP contribution < -0.4 is 25.5 Å². The van der Waals surface area contributed by atoms with Crippen molar-refractivity contribution in [1.29, 1.82) is 0 Å². The molecule has 130 valence electrons. The summed E-state index contributed by atoms with van der Waals surface area (Å²) in [7, 11) is 4.24. The maximum atomic E-state index is 12.9. The molecule has 0 atom stereocenters.